The lowest BCUT2D eigenvalue weighted by molar-refractivity contribution is -0.149. The van der Waals surface area contributed by atoms with Crippen molar-refractivity contribution in [2.24, 2.45) is 5.73 Å². The van der Waals surface area contributed by atoms with Gasteiger partial charge in [-0.25, -0.2) is 0 Å². The zero-order chi connectivity index (χ0) is 15.9. The second kappa shape index (κ2) is 8.03. The van der Waals surface area contributed by atoms with Gasteiger partial charge in [0.1, 0.15) is 11.3 Å². The molecule has 0 amide bonds. The van der Waals surface area contributed by atoms with Crippen molar-refractivity contribution in [3.05, 3.63) is 29.8 Å². The summed E-state index contributed by atoms with van der Waals surface area (Å²) in [6, 6.07) is 8.08. The van der Waals surface area contributed by atoms with Crippen LogP contribution in [0.15, 0.2) is 24.3 Å². The monoisotopic (exact) mass is 293 g/mol. The average molecular weight is 293 g/mol. The van der Waals surface area contributed by atoms with Crippen LogP contribution < -0.4 is 10.5 Å². The lowest BCUT2D eigenvalue weighted by Crippen LogP contribution is -2.47. The van der Waals surface area contributed by atoms with Crippen molar-refractivity contribution in [2.75, 3.05) is 13.2 Å². The molecular weight excluding hydrogens is 266 g/mol. The molecule has 0 heterocycles. The molecule has 1 rings (SSSR count). The smallest absolute Gasteiger partial charge is 0.325 e. The van der Waals surface area contributed by atoms with Crippen molar-refractivity contribution >= 4 is 5.97 Å². The number of benzene rings is 1. The summed E-state index contributed by atoms with van der Waals surface area (Å²) in [4.78, 5) is 11.7. The minimum atomic E-state index is -1.01. The Labute approximate surface area is 127 Å². The highest BCUT2D eigenvalue weighted by atomic mass is 16.5. The third-order valence-electron chi connectivity index (χ3n) is 3.69. The van der Waals surface area contributed by atoms with E-state index in [2.05, 4.69) is 26.0 Å². The molecular formula is C17H27NO3. The number of carbonyl (C=O) groups excluding carboxylic acids is 1. The van der Waals surface area contributed by atoms with Crippen molar-refractivity contribution in [2.45, 2.75) is 52.0 Å². The molecule has 4 heteroatoms. The zero-order valence-corrected chi connectivity index (χ0v) is 13.5. The first-order valence-electron chi connectivity index (χ1n) is 7.59. The molecule has 1 aromatic carbocycles. The van der Waals surface area contributed by atoms with Crippen molar-refractivity contribution in [1.82, 2.24) is 0 Å². The van der Waals surface area contributed by atoms with Gasteiger partial charge >= 0.3 is 5.97 Å². The molecule has 0 aliphatic heterocycles. The first kappa shape index (κ1) is 17.5. The Morgan fingerprint density at radius 2 is 1.90 bits per heavy atom. The van der Waals surface area contributed by atoms with Crippen LogP contribution in [0.4, 0.5) is 0 Å². The molecule has 0 aromatic heterocycles. The molecule has 21 heavy (non-hydrogen) atoms. The Kier molecular flexibility index (Phi) is 6.69. The van der Waals surface area contributed by atoms with Gasteiger partial charge in [0.2, 0.25) is 0 Å². The second-order valence-corrected chi connectivity index (χ2v) is 5.61. The van der Waals surface area contributed by atoms with E-state index in [0.29, 0.717) is 25.6 Å². The molecule has 2 N–H and O–H groups in total. The van der Waals surface area contributed by atoms with Gasteiger partial charge in [-0.3, -0.25) is 4.79 Å². The van der Waals surface area contributed by atoms with Crippen LogP contribution in [0.5, 0.6) is 5.75 Å². The van der Waals surface area contributed by atoms with Crippen LogP contribution in [0.3, 0.4) is 0 Å². The van der Waals surface area contributed by atoms with Gasteiger partial charge in [-0.2, -0.15) is 0 Å². The number of rotatable bonds is 8. The van der Waals surface area contributed by atoms with Gasteiger partial charge in [0, 0.05) is 6.42 Å². The van der Waals surface area contributed by atoms with Crippen LogP contribution in [0, 0.1) is 0 Å². The van der Waals surface area contributed by atoms with Gasteiger partial charge in [-0.05, 0) is 43.9 Å². The van der Waals surface area contributed by atoms with Crippen LogP contribution in [0.1, 0.15) is 52.0 Å². The molecule has 0 fully saturated rings. The molecule has 118 valence electrons. The fraction of sp³-hybridized carbons (Fsp3) is 0.588. The third kappa shape index (κ3) is 5.38. The molecule has 0 saturated carbocycles. The van der Waals surface area contributed by atoms with E-state index in [1.54, 1.807) is 13.8 Å². The summed E-state index contributed by atoms with van der Waals surface area (Å²) in [6.45, 7) is 8.53. The lowest BCUT2D eigenvalue weighted by atomic mass is 9.99. The largest absolute Gasteiger partial charge is 0.494 e. The molecule has 0 radical (unpaired) electrons. The number of hydrogen-bond donors (Lipinski definition) is 1. The summed E-state index contributed by atoms with van der Waals surface area (Å²) < 4.78 is 10.6. The van der Waals surface area contributed by atoms with Crippen LogP contribution in [-0.2, 0) is 9.53 Å². The van der Waals surface area contributed by atoms with Gasteiger partial charge < -0.3 is 15.2 Å². The van der Waals surface area contributed by atoms with Gasteiger partial charge in [0.25, 0.3) is 0 Å². The van der Waals surface area contributed by atoms with Gasteiger partial charge in [-0.15, -0.1) is 0 Å². The van der Waals surface area contributed by atoms with Crippen LogP contribution in [-0.4, -0.2) is 24.7 Å². The molecule has 0 bridgehead atoms. The molecule has 0 aliphatic rings. The zero-order valence-electron chi connectivity index (χ0n) is 13.5. The highest BCUT2D eigenvalue weighted by Gasteiger charge is 2.29. The van der Waals surface area contributed by atoms with Gasteiger partial charge in [-0.1, -0.05) is 26.0 Å². The number of hydrogen-bond acceptors (Lipinski definition) is 4. The predicted molar refractivity (Wildman–Crippen MR) is 84.5 cm³/mol. The van der Waals surface area contributed by atoms with E-state index >= 15 is 0 Å². The van der Waals surface area contributed by atoms with Crippen molar-refractivity contribution < 1.29 is 14.3 Å². The number of esters is 1. The highest BCUT2D eigenvalue weighted by molar-refractivity contribution is 5.79. The molecule has 0 saturated heterocycles. The molecule has 0 aliphatic carbocycles. The van der Waals surface area contributed by atoms with Gasteiger partial charge in [0.05, 0.1) is 13.2 Å². The Morgan fingerprint density at radius 3 is 2.43 bits per heavy atom. The first-order chi connectivity index (χ1) is 9.90. The second-order valence-electron chi connectivity index (χ2n) is 5.61. The summed E-state index contributed by atoms with van der Waals surface area (Å²) in [5, 5.41) is 0. The lowest BCUT2D eigenvalue weighted by Gasteiger charge is -2.22. The SMILES string of the molecule is CCOC(=O)C(C)(N)CCOc1ccc(C(C)CC)cc1. The third-order valence-corrected chi connectivity index (χ3v) is 3.69. The van der Waals surface area contributed by atoms with E-state index in [1.807, 2.05) is 12.1 Å². The maximum atomic E-state index is 11.7. The maximum Gasteiger partial charge on any atom is 0.325 e. The summed E-state index contributed by atoms with van der Waals surface area (Å²) in [7, 11) is 0. The molecule has 4 nitrogen and oxygen atoms in total. The Hall–Kier alpha value is -1.55. The summed E-state index contributed by atoms with van der Waals surface area (Å²) >= 11 is 0. The minimum Gasteiger partial charge on any atom is -0.494 e. The summed E-state index contributed by atoms with van der Waals surface area (Å²) in [5.41, 5.74) is 6.24. The van der Waals surface area contributed by atoms with E-state index in [0.717, 1.165) is 12.2 Å². The molecule has 0 spiro atoms. The first-order valence-corrected chi connectivity index (χ1v) is 7.59. The van der Waals surface area contributed by atoms with Crippen molar-refractivity contribution in [3.8, 4) is 5.75 Å². The molecule has 2 unspecified atom stereocenters. The number of ether oxygens (including phenoxy) is 2. The van der Waals surface area contributed by atoms with E-state index in [-0.39, 0.29) is 5.97 Å². The van der Waals surface area contributed by atoms with Crippen LogP contribution in [0.2, 0.25) is 0 Å². The summed E-state index contributed by atoms with van der Waals surface area (Å²) in [5.74, 6) is 0.956. The Bertz CT molecular complexity index is 440. The number of carbonyl (C=O) groups is 1. The van der Waals surface area contributed by atoms with E-state index in [1.165, 1.54) is 5.56 Å². The highest BCUT2D eigenvalue weighted by Crippen LogP contribution is 2.21. The topological polar surface area (TPSA) is 61.5 Å². The normalized spacial score (nSPS) is 15.1. The summed E-state index contributed by atoms with van der Waals surface area (Å²) in [6.07, 6.45) is 1.53. The van der Waals surface area contributed by atoms with Crippen molar-refractivity contribution in [1.29, 1.82) is 0 Å². The minimum absolute atomic E-state index is 0.337. The molecule has 2 atom stereocenters. The average Bonchev–Trinajstić information content (AvgIpc) is 2.47. The van der Waals surface area contributed by atoms with E-state index in [4.69, 9.17) is 15.2 Å². The fourth-order valence-electron chi connectivity index (χ4n) is 1.91. The van der Waals surface area contributed by atoms with Gasteiger partial charge in [0.15, 0.2) is 0 Å². The Balaban J connectivity index is 2.47. The maximum absolute atomic E-state index is 11.7. The van der Waals surface area contributed by atoms with Crippen LogP contribution in [0.25, 0.3) is 0 Å². The van der Waals surface area contributed by atoms with E-state index in [9.17, 15) is 4.79 Å². The standard InChI is InChI=1S/C17H27NO3/c1-5-13(3)14-7-9-15(10-8-14)21-12-11-17(4,18)16(19)20-6-2/h7-10,13H,5-6,11-12,18H2,1-4H3. The number of nitrogens with two attached hydrogens (primary N) is 1. The van der Waals surface area contributed by atoms with E-state index < -0.39 is 5.54 Å². The Morgan fingerprint density at radius 1 is 1.29 bits per heavy atom. The molecule has 1 aromatic rings. The van der Waals surface area contributed by atoms with Crippen LogP contribution >= 0.6 is 0 Å². The van der Waals surface area contributed by atoms with Crippen molar-refractivity contribution in [3.63, 3.8) is 0 Å². The fourth-order valence-corrected chi connectivity index (χ4v) is 1.91. The quantitative estimate of drug-likeness (QED) is 0.747. The predicted octanol–water partition coefficient (Wildman–Crippen LogP) is 3.25.